The van der Waals surface area contributed by atoms with E-state index in [9.17, 15) is 13.2 Å². The van der Waals surface area contributed by atoms with Gasteiger partial charge < -0.3 is 19.7 Å². The molecule has 0 saturated heterocycles. The van der Waals surface area contributed by atoms with Gasteiger partial charge >= 0.3 is 6.03 Å². The lowest BCUT2D eigenvalue weighted by Gasteiger charge is -2.29. The number of fused-ring (bicyclic) bond motifs is 1. The number of nitrogens with one attached hydrogen (secondary N) is 2. The summed E-state index contributed by atoms with van der Waals surface area (Å²) in [6, 6.07) is 10.9. The molecule has 0 fully saturated rings. The Bertz CT molecular complexity index is 1020. The van der Waals surface area contributed by atoms with E-state index in [0.29, 0.717) is 36.7 Å². The van der Waals surface area contributed by atoms with E-state index >= 15 is 0 Å². The zero-order valence-corrected chi connectivity index (χ0v) is 18.2. The number of methoxy groups -OCH3 is 2. The summed E-state index contributed by atoms with van der Waals surface area (Å²) in [6.45, 7) is 1.41. The topological polar surface area (TPSA) is 97.0 Å². The van der Waals surface area contributed by atoms with Crippen LogP contribution in [-0.2, 0) is 35.3 Å². The fraction of sp³-hybridized carbons (Fsp3) is 0.381. The first-order valence-corrected chi connectivity index (χ1v) is 11.3. The van der Waals surface area contributed by atoms with Gasteiger partial charge in [-0.3, -0.25) is 0 Å². The third-order valence-electron chi connectivity index (χ3n) is 5.11. The molecule has 162 valence electrons. The summed E-state index contributed by atoms with van der Waals surface area (Å²) in [7, 11) is 1.25. The molecule has 1 heterocycles. The summed E-state index contributed by atoms with van der Waals surface area (Å²) in [5.41, 5.74) is 3.70. The number of hydrogen-bond donors (Lipinski definition) is 2. The molecule has 2 N–H and O–H groups in total. The van der Waals surface area contributed by atoms with Crippen molar-refractivity contribution in [3.05, 3.63) is 58.7 Å². The molecule has 0 saturated carbocycles. The standard InChI is InChI=1S/C21H27N3O5S/c1-22-30(26,27)14-16-6-4-5-15(9-16)12-23-21(25)24-8-7-17-10-19(28-2)20(29-3)11-18(17)13-24/h4-6,9-11,22H,7-8,12-14H2,1-3H3,(H,23,25). The number of carbonyl (C=O) groups is 1. The van der Waals surface area contributed by atoms with E-state index in [0.717, 1.165) is 23.1 Å². The Kier molecular flexibility index (Phi) is 6.84. The van der Waals surface area contributed by atoms with Crippen LogP contribution in [0, 0.1) is 0 Å². The van der Waals surface area contributed by atoms with Crippen molar-refractivity contribution in [2.75, 3.05) is 27.8 Å². The summed E-state index contributed by atoms with van der Waals surface area (Å²) in [5.74, 6) is 1.24. The van der Waals surface area contributed by atoms with E-state index in [1.165, 1.54) is 7.05 Å². The predicted molar refractivity (Wildman–Crippen MR) is 114 cm³/mol. The van der Waals surface area contributed by atoms with Gasteiger partial charge in [-0.15, -0.1) is 0 Å². The van der Waals surface area contributed by atoms with Crippen LogP contribution in [0.1, 0.15) is 22.3 Å². The molecule has 0 bridgehead atoms. The largest absolute Gasteiger partial charge is 0.493 e. The van der Waals surface area contributed by atoms with Crippen LogP contribution in [0.5, 0.6) is 11.5 Å². The van der Waals surface area contributed by atoms with Crippen molar-refractivity contribution in [1.82, 2.24) is 14.9 Å². The van der Waals surface area contributed by atoms with Crippen molar-refractivity contribution < 1.29 is 22.7 Å². The summed E-state index contributed by atoms with van der Waals surface area (Å²) >= 11 is 0. The van der Waals surface area contributed by atoms with Crippen molar-refractivity contribution >= 4 is 16.1 Å². The van der Waals surface area contributed by atoms with Gasteiger partial charge in [0.05, 0.1) is 20.0 Å². The van der Waals surface area contributed by atoms with Gasteiger partial charge in [-0.25, -0.2) is 17.9 Å². The molecule has 9 heteroatoms. The highest BCUT2D eigenvalue weighted by molar-refractivity contribution is 7.88. The van der Waals surface area contributed by atoms with Crippen LogP contribution in [0.4, 0.5) is 4.79 Å². The second-order valence-electron chi connectivity index (χ2n) is 7.09. The molecule has 2 aromatic carbocycles. The van der Waals surface area contributed by atoms with Gasteiger partial charge in [0, 0.05) is 19.6 Å². The van der Waals surface area contributed by atoms with Crippen molar-refractivity contribution in [2.45, 2.75) is 25.3 Å². The lowest BCUT2D eigenvalue weighted by Crippen LogP contribution is -2.42. The van der Waals surface area contributed by atoms with Gasteiger partial charge in [0.2, 0.25) is 10.0 Å². The lowest BCUT2D eigenvalue weighted by atomic mass is 9.99. The zero-order chi connectivity index (χ0) is 21.7. The summed E-state index contributed by atoms with van der Waals surface area (Å²) in [4.78, 5) is 14.4. The van der Waals surface area contributed by atoms with E-state index < -0.39 is 10.0 Å². The van der Waals surface area contributed by atoms with E-state index in [4.69, 9.17) is 9.47 Å². The minimum absolute atomic E-state index is 0.0977. The van der Waals surface area contributed by atoms with Gasteiger partial charge in [0.1, 0.15) is 0 Å². The van der Waals surface area contributed by atoms with Crippen molar-refractivity contribution in [2.24, 2.45) is 0 Å². The van der Waals surface area contributed by atoms with E-state index in [2.05, 4.69) is 10.0 Å². The molecule has 30 heavy (non-hydrogen) atoms. The molecule has 1 aliphatic rings. The lowest BCUT2D eigenvalue weighted by molar-refractivity contribution is 0.191. The van der Waals surface area contributed by atoms with E-state index in [-0.39, 0.29) is 11.8 Å². The Morgan fingerprint density at radius 1 is 1.07 bits per heavy atom. The number of urea groups is 1. The first kappa shape index (κ1) is 21.9. The zero-order valence-electron chi connectivity index (χ0n) is 17.4. The fourth-order valence-corrected chi connectivity index (χ4v) is 4.23. The van der Waals surface area contributed by atoms with Crippen LogP contribution in [0.2, 0.25) is 0 Å². The maximum atomic E-state index is 12.7. The molecule has 2 amide bonds. The monoisotopic (exact) mass is 433 g/mol. The molecule has 0 aromatic heterocycles. The smallest absolute Gasteiger partial charge is 0.317 e. The van der Waals surface area contributed by atoms with Gasteiger partial charge in [-0.1, -0.05) is 24.3 Å². The van der Waals surface area contributed by atoms with Crippen molar-refractivity contribution in [3.63, 3.8) is 0 Å². The fourth-order valence-electron chi connectivity index (χ4n) is 3.47. The number of ether oxygens (including phenoxy) is 2. The van der Waals surface area contributed by atoms with Gasteiger partial charge in [0.25, 0.3) is 0 Å². The van der Waals surface area contributed by atoms with Crippen LogP contribution >= 0.6 is 0 Å². The molecule has 8 nitrogen and oxygen atoms in total. The molecular formula is C21H27N3O5S. The van der Waals surface area contributed by atoms with E-state index in [1.54, 1.807) is 37.3 Å². The maximum Gasteiger partial charge on any atom is 0.317 e. The Labute approximate surface area is 177 Å². The minimum atomic E-state index is -3.34. The van der Waals surface area contributed by atoms with Crippen molar-refractivity contribution in [1.29, 1.82) is 0 Å². The Balaban J connectivity index is 1.63. The SMILES string of the molecule is CNS(=O)(=O)Cc1cccc(CNC(=O)N2CCc3cc(OC)c(OC)cc3C2)c1. The first-order valence-electron chi connectivity index (χ1n) is 9.60. The number of hydrogen-bond acceptors (Lipinski definition) is 5. The van der Waals surface area contributed by atoms with E-state index in [1.807, 2.05) is 18.2 Å². The molecule has 0 atom stereocenters. The quantitative estimate of drug-likeness (QED) is 0.696. The number of sulfonamides is 1. The highest BCUT2D eigenvalue weighted by Gasteiger charge is 2.22. The van der Waals surface area contributed by atoms with Crippen molar-refractivity contribution in [3.8, 4) is 11.5 Å². The highest BCUT2D eigenvalue weighted by atomic mass is 32.2. The molecule has 2 aromatic rings. The highest BCUT2D eigenvalue weighted by Crippen LogP contribution is 2.33. The number of nitrogens with zero attached hydrogens (tertiary/aromatic N) is 1. The molecule has 0 spiro atoms. The summed E-state index contributed by atoms with van der Waals surface area (Å²) < 4.78 is 36.5. The van der Waals surface area contributed by atoms with Crippen LogP contribution < -0.4 is 19.5 Å². The molecule has 0 aliphatic carbocycles. The Hall–Kier alpha value is -2.78. The van der Waals surface area contributed by atoms with Gasteiger partial charge in [0.15, 0.2) is 11.5 Å². The molecule has 0 radical (unpaired) electrons. The first-order chi connectivity index (χ1) is 14.3. The molecule has 3 rings (SSSR count). The third kappa shape index (κ3) is 5.22. The minimum Gasteiger partial charge on any atom is -0.493 e. The molecule has 0 unspecified atom stereocenters. The summed E-state index contributed by atoms with van der Waals surface area (Å²) in [6.07, 6.45) is 0.737. The van der Waals surface area contributed by atoms with Crippen LogP contribution in [0.15, 0.2) is 36.4 Å². The average Bonchev–Trinajstić information content (AvgIpc) is 2.76. The number of benzene rings is 2. The second-order valence-corrected chi connectivity index (χ2v) is 9.02. The average molecular weight is 434 g/mol. The van der Waals surface area contributed by atoms with Crippen LogP contribution in [-0.4, -0.2) is 47.2 Å². The Morgan fingerprint density at radius 3 is 2.40 bits per heavy atom. The van der Waals surface area contributed by atoms with Gasteiger partial charge in [-0.2, -0.15) is 0 Å². The predicted octanol–water partition coefficient (Wildman–Crippen LogP) is 2.02. The van der Waals surface area contributed by atoms with Crippen LogP contribution in [0.25, 0.3) is 0 Å². The summed E-state index contributed by atoms with van der Waals surface area (Å²) in [5, 5.41) is 2.92. The molecular weight excluding hydrogens is 406 g/mol. The second kappa shape index (κ2) is 9.36. The number of amides is 2. The number of carbonyl (C=O) groups excluding carboxylic acids is 1. The molecule has 1 aliphatic heterocycles. The number of rotatable bonds is 7. The van der Waals surface area contributed by atoms with Crippen LogP contribution in [0.3, 0.4) is 0 Å². The third-order valence-corrected chi connectivity index (χ3v) is 6.44. The normalized spacial score (nSPS) is 13.5. The maximum absolute atomic E-state index is 12.7. The Morgan fingerprint density at radius 2 is 1.73 bits per heavy atom. The van der Waals surface area contributed by atoms with Gasteiger partial charge in [-0.05, 0) is 47.9 Å².